The summed E-state index contributed by atoms with van der Waals surface area (Å²) < 4.78 is 54.2. The molecule has 1 N–H and O–H groups in total. The molecule has 0 aliphatic rings. The maximum absolute atomic E-state index is 14.4. The van der Waals surface area contributed by atoms with Crippen LogP contribution in [-0.4, -0.2) is 45.2 Å². The molecule has 136 valence electrons. The minimum atomic E-state index is -4.67. The van der Waals surface area contributed by atoms with Crippen LogP contribution in [0.25, 0.3) is 17.2 Å². The highest BCUT2D eigenvalue weighted by atomic mass is 19.4. The zero-order valence-electron chi connectivity index (χ0n) is 14.0. The van der Waals surface area contributed by atoms with Crippen LogP contribution in [0.3, 0.4) is 0 Å². The van der Waals surface area contributed by atoms with Crippen LogP contribution in [-0.2, 0) is 12.6 Å². The van der Waals surface area contributed by atoms with Crippen molar-refractivity contribution in [1.29, 1.82) is 0 Å². The molecule has 0 bridgehead atoms. The number of rotatable bonds is 3. The second-order valence-corrected chi connectivity index (χ2v) is 6.00. The van der Waals surface area contributed by atoms with Gasteiger partial charge in [0.25, 0.3) is 0 Å². The number of benzene rings is 1. The smallest absolute Gasteiger partial charge is 0.303 e. The van der Waals surface area contributed by atoms with Gasteiger partial charge in [-0.25, -0.2) is 19.3 Å². The molecule has 0 aliphatic heterocycles. The lowest BCUT2D eigenvalue weighted by molar-refractivity contribution is -0.144. The van der Waals surface area contributed by atoms with Gasteiger partial charge in [0.05, 0.1) is 5.69 Å². The van der Waals surface area contributed by atoms with E-state index >= 15 is 0 Å². The van der Waals surface area contributed by atoms with E-state index in [1.54, 1.807) is 6.20 Å². The Balaban J connectivity index is 1.81. The Bertz CT molecular complexity index is 1180. The Kier molecular flexibility index (Phi) is 4.20. The standard InChI is InChI=1S/C16H8B2F4N6/c17-8-3-7(12(19)9(18)5-8)4-10-14-23-1-2-28(14)6-11(24-10)13-25-15(27-26-13)16(20,21)22/h1-3,5-6H,4H2,(H,25,26,27). The summed E-state index contributed by atoms with van der Waals surface area (Å²) in [7, 11) is 11.3. The molecule has 0 saturated heterocycles. The molecule has 0 fully saturated rings. The van der Waals surface area contributed by atoms with E-state index in [4.69, 9.17) is 15.7 Å². The number of nitrogens with one attached hydrogen (secondary N) is 1. The second-order valence-electron chi connectivity index (χ2n) is 6.00. The average Bonchev–Trinajstić information content (AvgIpc) is 3.27. The van der Waals surface area contributed by atoms with Gasteiger partial charge in [-0.15, -0.1) is 0 Å². The van der Waals surface area contributed by atoms with E-state index in [2.05, 4.69) is 20.1 Å². The van der Waals surface area contributed by atoms with Gasteiger partial charge in [-0.05, 0) is 5.56 Å². The van der Waals surface area contributed by atoms with E-state index in [0.29, 0.717) is 11.3 Å². The van der Waals surface area contributed by atoms with Crippen LogP contribution in [0.1, 0.15) is 17.1 Å². The van der Waals surface area contributed by atoms with Crippen LogP contribution >= 0.6 is 0 Å². The molecule has 0 unspecified atom stereocenters. The van der Waals surface area contributed by atoms with Crippen molar-refractivity contribution in [3.8, 4) is 11.5 Å². The van der Waals surface area contributed by atoms with Gasteiger partial charge in [-0.2, -0.15) is 18.3 Å². The number of hydrogen-bond acceptors (Lipinski definition) is 4. The third-order valence-electron chi connectivity index (χ3n) is 3.98. The predicted octanol–water partition coefficient (Wildman–Crippen LogP) is 0.851. The molecule has 4 radical (unpaired) electrons. The second kappa shape index (κ2) is 6.47. The molecule has 1 aromatic carbocycles. The van der Waals surface area contributed by atoms with Gasteiger partial charge in [0.15, 0.2) is 5.65 Å². The Hall–Kier alpha value is -3.17. The van der Waals surface area contributed by atoms with Crippen molar-refractivity contribution in [2.45, 2.75) is 12.6 Å². The van der Waals surface area contributed by atoms with Crippen molar-refractivity contribution in [3.05, 3.63) is 53.6 Å². The zero-order valence-corrected chi connectivity index (χ0v) is 14.0. The van der Waals surface area contributed by atoms with E-state index < -0.39 is 17.8 Å². The van der Waals surface area contributed by atoms with Gasteiger partial charge in [-0.1, -0.05) is 23.1 Å². The van der Waals surface area contributed by atoms with E-state index in [-0.39, 0.29) is 34.4 Å². The number of nitrogens with zero attached hydrogens (tertiary/aromatic N) is 5. The van der Waals surface area contributed by atoms with Crippen LogP contribution in [0, 0.1) is 5.82 Å². The first kappa shape index (κ1) is 18.2. The number of H-pyrrole nitrogens is 1. The largest absolute Gasteiger partial charge is 0.451 e. The number of halogens is 4. The van der Waals surface area contributed by atoms with Gasteiger partial charge < -0.3 is 4.40 Å². The summed E-state index contributed by atoms with van der Waals surface area (Å²) in [6.07, 6.45) is -0.223. The molecule has 3 aromatic heterocycles. The molecule has 28 heavy (non-hydrogen) atoms. The van der Waals surface area contributed by atoms with E-state index in [1.165, 1.54) is 28.9 Å². The van der Waals surface area contributed by atoms with Crippen LogP contribution in [0.2, 0.25) is 0 Å². The monoisotopic (exact) mass is 382 g/mol. The molecule has 0 saturated carbocycles. The van der Waals surface area contributed by atoms with Crippen molar-refractivity contribution >= 4 is 32.3 Å². The first-order valence-electron chi connectivity index (χ1n) is 7.88. The molecule has 0 spiro atoms. The fourth-order valence-corrected chi connectivity index (χ4v) is 2.77. The zero-order chi connectivity index (χ0) is 20.1. The van der Waals surface area contributed by atoms with Gasteiger partial charge in [0.2, 0.25) is 11.6 Å². The Labute approximate surface area is 157 Å². The SMILES string of the molecule is [B]c1cc([B])c(F)c(Cc2nc(-c3n[nH]c(C(F)(F)F)n3)cn3ccnc23)c1. The third-order valence-corrected chi connectivity index (χ3v) is 3.98. The number of aromatic nitrogens is 6. The normalized spacial score (nSPS) is 12.0. The van der Waals surface area contributed by atoms with Crippen molar-refractivity contribution < 1.29 is 17.6 Å². The van der Waals surface area contributed by atoms with Crippen LogP contribution in [0.5, 0.6) is 0 Å². The molecule has 0 amide bonds. The van der Waals surface area contributed by atoms with Gasteiger partial charge in [0, 0.05) is 25.0 Å². The minimum absolute atomic E-state index is 0.0357. The molecule has 3 heterocycles. The minimum Gasteiger partial charge on any atom is -0.303 e. The van der Waals surface area contributed by atoms with E-state index in [9.17, 15) is 17.6 Å². The molecule has 0 atom stereocenters. The van der Waals surface area contributed by atoms with Crippen molar-refractivity contribution in [1.82, 2.24) is 29.5 Å². The third kappa shape index (κ3) is 3.25. The highest BCUT2D eigenvalue weighted by Gasteiger charge is 2.35. The lowest BCUT2D eigenvalue weighted by Crippen LogP contribution is -2.20. The summed E-state index contributed by atoms with van der Waals surface area (Å²) in [5.41, 5.74) is 1.09. The van der Waals surface area contributed by atoms with Crippen LogP contribution in [0.4, 0.5) is 17.6 Å². The molecule has 4 aromatic rings. The lowest BCUT2D eigenvalue weighted by Gasteiger charge is -2.10. The number of imidazole rings is 1. The molecular weight excluding hydrogens is 374 g/mol. The fraction of sp³-hybridized carbons (Fsp3) is 0.125. The van der Waals surface area contributed by atoms with Crippen molar-refractivity contribution in [3.63, 3.8) is 0 Å². The predicted molar refractivity (Wildman–Crippen MR) is 93.3 cm³/mol. The van der Waals surface area contributed by atoms with Gasteiger partial charge in [0.1, 0.15) is 27.2 Å². The first-order chi connectivity index (χ1) is 13.2. The van der Waals surface area contributed by atoms with Gasteiger partial charge in [-0.3, -0.25) is 5.10 Å². The molecule has 4 rings (SSSR count). The summed E-state index contributed by atoms with van der Waals surface area (Å²) >= 11 is 0. The number of fused-ring (bicyclic) bond motifs is 1. The summed E-state index contributed by atoms with van der Waals surface area (Å²) in [5, 5.41) is 5.41. The quantitative estimate of drug-likeness (QED) is 0.422. The Morgan fingerprint density at radius 1 is 1.14 bits per heavy atom. The summed E-state index contributed by atoms with van der Waals surface area (Å²) in [4.78, 5) is 11.9. The molecule has 0 aliphatic carbocycles. The summed E-state index contributed by atoms with van der Waals surface area (Å²) in [5.74, 6) is -2.15. The van der Waals surface area contributed by atoms with Crippen LogP contribution in [0.15, 0.2) is 30.7 Å². The molecule has 12 heteroatoms. The summed E-state index contributed by atoms with van der Waals surface area (Å²) in [6, 6.07) is 2.70. The van der Waals surface area contributed by atoms with Crippen LogP contribution < -0.4 is 10.9 Å². The Morgan fingerprint density at radius 2 is 1.93 bits per heavy atom. The van der Waals surface area contributed by atoms with Gasteiger partial charge >= 0.3 is 6.18 Å². The highest BCUT2D eigenvalue weighted by Crippen LogP contribution is 2.27. The highest BCUT2D eigenvalue weighted by molar-refractivity contribution is 6.38. The van der Waals surface area contributed by atoms with E-state index in [1.807, 2.05) is 5.10 Å². The average molecular weight is 382 g/mol. The number of alkyl halides is 3. The molecular formula is C16H8B2F4N6. The molecule has 6 nitrogen and oxygen atoms in total. The van der Waals surface area contributed by atoms with Crippen molar-refractivity contribution in [2.75, 3.05) is 0 Å². The summed E-state index contributed by atoms with van der Waals surface area (Å²) in [6.45, 7) is 0. The van der Waals surface area contributed by atoms with E-state index in [0.717, 1.165) is 0 Å². The maximum atomic E-state index is 14.4. The maximum Gasteiger partial charge on any atom is 0.451 e. The lowest BCUT2D eigenvalue weighted by atomic mass is 9.84. The number of aromatic amines is 1. The first-order valence-corrected chi connectivity index (χ1v) is 7.88. The topological polar surface area (TPSA) is 71.8 Å². The Morgan fingerprint density at radius 3 is 2.64 bits per heavy atom. The fourth-order valence-electron chi connectivity index (χ4n) is 2.77. The number of hydrogen-bond donors (Lipinski definition) is 1. The van der Waals surface area contributed by atoms with Crippen molar-refractivity contribution in [2.24, 2.45) is 0 Å².